The molecule has 0 spiro atoms. The summed E-state index contributed by atoms with van der Waals surface area (Å²) >= 11 is 0. The van der Waals surface area contributed by atoms with E-state index in [1.165, 1.54) is 19.3 Å². The van der Waals surface area contributed by atoms with Crippen LogP contribution in [-0.4, -0.2) is 30.3 Å². The predicted molar refractivity (Wildman–Crippen MR) is 67.4 cm³/mol. The Balaban J connectivity index is 2.29. The third-order valence-corrected chi connectivity index (χ3v) is 2.95. The van der Waals surface area contributed by atoms with Crippen LogP contribution in [0.3, 0.4) is 0 Å². The van der Waals surface area contributed by atoms with Crippen LogP contribution < -0.4 is 0 Å². The van der Waals surface area contributed by atoms with Crippen LogP contribution >= 0.6 is 0 Å². The first kappa shape index (κ1) is 11.6. The van der Waals surface area contributed by atoms with Crippen molar-refractivity contribution in [2.24, 2.45) is 4.99 Å². The number of rotatable bonds is 3. The van der Waals surface area contributed by atoms with Gasteiger partial charge in [0.15, 0.2) is 5.82 Å². The lowest BCUT2D eigenvalue weighted by molar-refractivity contribution is 0.411. The third-order valence-electron chi connectivity index (χ3n) is 2.95. The molecule has 0 amide bonds. The molecule has 17 heavy (non-hydrogen) atoms. The minimum atomic E-state index is 0.533. The smallest absolute Gasteiger partial charge is 0.171 e. The first-order chi connectivity index (χ1) is 8.20. The topological polar surface area (TPSA) is 52.3 Å². The zero-order chi connectivity index (χ0) is 12.3. The third kappa shape index (κ3) is 2.62. The molecule has 1 heterocycles. The molecule has 4 nitrogen and oxygen atoms in total. The van der Waals surface area contributed by atoms with Gasteiger partial charge in [0.25, 0.3) is 0 Å². The lowest BCUT2D eigenvalue weighted by atomic mass is 9.82. The largest absolute Gasteiger partial charge is 0.369 e. The maximum Gasteiger partial charge on any atom is 0.171 e. The van der Waals surface area contributed by atoms with Crippen LogP contribution in [0, 0.1) is 11.3 Å². The minimum absolute atomic E-state index is 0.533. The number of aromatic nitrogens is 1. The molecule has 1 fully saturated rings. The Labute approximate surface area is 102 Å². The average Bonchev–Trinajstić information content (AvgIpc) is 2.24. The lowest BCUT2D eigenvalue weighted by Gasteiger charge is -2.24. The quantitative estimate of drug-likeness (QED) is 0.589. The molecular formula is C13H16N4. The highest BCUT2D eigenvalue weighted by Crippen LogP contribution is 2.36. The standard InChI is InChI=1S/C13H16N4/c1-17(2)9-15-13-11(8-14)6-7-12(16-13)10-4-3-5-10/h6-7,9-10H,3-5H2,1-2H3. The van der Waals surface area contributed by atoms with E-state index >= 15 is 0 Å². The summed E-state index contributed by atoms with van der Waals surface area (Å²) in [7, 11) is 3.79. The van der Waals surface area contributed by atoms with E-state index in [0.717, 1.165) is 5.69 Å². The molecule has 0 aliphatic heterocycles. The fraction of sp³-hybridized carbons (Fsp3) is 0.462. The summed E-state index contributed by atoms with van der Waals surface area (Å²) < 4.78 is 0. The second-order valence-corrected chi connectivity index (χ2v) is 4.56. The first-order valence-corrected chi connectivity index (χ1v) is 5.82. The van der Waals surface area contributed by atoms with Crippen molar-refractivity contribution >= 4 is 12.2 Å². The van der Waals surface area contributed by atoms with Crippen LogP contribution in [0.25, 0.3) is 0 Å². The number of hydrogen-bond donors (Lipinski definition) is 0. The van der Waals surface area contributed by atoms with Gasteiger partial charge in [0.05, 0.1) is 11.9 Å². The highest BCUT2D eigenvalue weighted by molar-refractivity contribution is 5.62. The maximum absolute atomic E-state index is 9.01. The van der Waals surface area contributed by atoms with Gasteiger partial charge in [-0.3, -0.25) is 0 Å². The highest BCUT2D eigenvalue weighted by Gasteiger charge is 2.21. The van der Waals surface area contributed by atoms with Gasteiger partial charge in [-0.2, -0.15) is 5.26 Å². The van der Waals surface area contributed by atoms with Gasteiger partial charge >= 0.3 is 0 Å². The zero-order valence-corrected chi connectivity index (χ0v) is 10.2. The van der Waals surface area contributed by atoms with Crippen LogP contribution in [0.5, 0.6) is 0 Å². The Morgan fingerprint density at radius 1 is 1.47 bits per heavy atom. The number of hydrogen-bond acceptors (Lipinski definition) is 3. The summed E-state index contributed by atoms with van der Waals surface area (Å²) in [5, 5.41) is 9.01. The first-order valence-electron chi connectivity index (χ1n) is 5.82. The van der Waals surface area contributed by atoms with Crippen molar-refractivity contribution in [1.29, 1.82) is 5.26 Å². The second-order valence-electron chi connectivity index (χ2n) is 4.56. The van der Waals surface area contributed by atoms with Crippen LogP contribution in [0.15, 0.2) is 17.1 Å². The summed E-state index contributed by atoms with van der Waals surface area (Å²) in [6.07, 6.45) is 5.36. The van der Waals surface area contributed by atoms with Gasteiger partial charge < -0.3 is 4.90 Å². The normalized spacial score (nSPS) is 15.6. The van der Waals surface area contributed by atoms with Crippen molar-refractivity contribution in [3.05, 3.63) is 23.4 Å². The van der Waals surface area contributed by atoms with E-state index < -0.39 is 0 Å². The van der Waals surface area contributed by atoms with E-state index in [1.54, 1.807) is 6.34 Å². The Morgan fingerprint density at radius 2 is 2.24 bits per heavy atom. The molecule has 0 N–H and O–H groups in total. The van der Waals surface area contributed by atoms with E-state index in [0.29, 0.717) is 17.3 Å². The van der Waals surface area contributed by atoms with Crippen LogP contribution in [0.2, 0.25) is 0 Å². The monoisotopic (exact) mass is 228 g/mol. The molecule has 0 aromatic carbocycles. The van der Waals surface area contributed by atoms with Crippen LogP contribution in [0.1, 0.15) is 36.4 Å². The van der Waals surface area contributed by atoms with Crippen molar-refractivity contribution in [3.63, 3.8) is 0 Å². The fourth-order valence-corrected chi connectivity index (χ4v) is 1.75. The zero-order valence-electron chi connectivity index (χ0n) is 10.2. The van der Waals surface area contributed by atoms with Crippen molar-refractivity contribution in [2.45, 2.75) is 25.2 Å². The molecule has 1 aliphatic carbocycles. The van der Waals surface area contributed by atoms with Gasteiger partial charge in [0.1, 0.15) is 6.07 Å². The summed E-state index contributed by atoms with van der Waals surface area (Å²) in [6.45, 7) is 0. The number of pyridine rings is 1. The number of nitrogens with zero attached hydrogens (tertiary/aromatic N) is 4. The SMILES string of the molecule is CN(C)C=Nc1nc(C2CCC2)ccc1C#N. The maximum atomic E-state index is 9.01. The predicted octanol–water partition coefficient (Wildman–Crippen LogP) is 2.44. The number of nitriles is 1. The van der Waals surface area contributed by atoms with Crippen LogP contribution in [-0.2, 0) is 0 Å². The second kappa shape index (κ2) is 4.96. The van der Waals surface area contributed by atoms with Crippen molar-refractivity contribution in [1.82, 2.24) is 9.88 Å². The lowest BCUT2D eigenvalue weighted by Crippen LogP contribution is -2.11. The van der Waals surface area contributed by atoms with E-state index in [9.17, 15) is 0 Å². The molecule has 88 valence electrons. The van der Waals surface area contributed by atoms with Crippen molar-refractivity contribution < 1.29 is 0 Å². The molecule has 0 radical (unpaired) electrons. The van der Waals surface area contributed by atoms with Gasteiger partial charge in [-0.25, -0.2) is 9.98 Å². The molecule has 2 rings (SSSR count). The van der Waals surface area contributed by atoms with Gasteiger partial charge in [-0.15, -0.1) is 0 Å². The van der Waals surface area contributed by atoms with Gasteiger partial charge in [0.2, 0.25) is 0 Å². The summed E-state index contributed by atoms with van der Waals surface area (Å²) in [5.41, 5.74) is 1.60. The van der Waals surface area contributed by atoms with E-state index in [4.69, 9.17) is 5.26 Å². The molecule has 0 saturated heterocycles. The molecule has 0 bridgehead atoms. The molecule has 1 aromatic heterocycles. The minimum Gasteiger partial charge on any atom is -0.369 e. The van der Waals surface area contributed by atoms with E-state index in [1.807, 2.05) is 31.1 Å². The van der Waals surface area contributed by atoms with Gasteiger partial charge in [-0.1, -0.05) is 6.42 Å². The Bertz CT molecular complexity index is 467. The molecule has 1 aromatic rings. The molecule has 1 saturated carbocycles. The van der Waals surface area contributed by atoms with E-state index in [-0.39, 0.29) is 0 Å². The fourth-order valence-electron chi connectivity index (χ4n) is 1.75. The summed E-state index contributed by atoms with van der Waals surface area (Å²) in [4.78, 5) is 10.6. The average molecular weight is 228 g/mol. The molecule has 0 unspecified atom stereocenters. The molecular weight excluding hydrogens is 212 g/mol. The summed E-state index contributed by atoms with van der Waals surface area (Å²) in [5.74, 6) is 1.10. The van der Waals surface area contributed by atoms with Crippen molar-refractivity contribution in [3.8, 4) is 6.07 Å². The van der Waals surface area contributed by atoms with E-state index in [2.05, 4.69) is 16.0 Å². The molecule has 1 aliphatic rings. The Morgan fingerprint density at radius 3 is 2.76 bits per heavy atom. The van der Waals surface area contributed by atoms with Crippen molar-refractivity contribution in [2.75, 3.05) is 14.1 Å². The summed E-state index contributed by atoms with van der Waals surface area (Å²) in [6, 6.07) is 5.90. The molecule has 4 heteroatoms. The van der Waals surface area contributed by atoms with Crippen LogP contribution in [0.4, 0.5) is 5.82 Å². The van der Waals surface area contributed by atoms with Gasteiger partial charge in [0, 0.05) is 25.7 Å². The molecule has 0 atom stereocenters. The Hall–Kier alpha value is -1.89. The highest BCUT2D eigenvalue weighted by atomic mass is 15.1. The van der Waals surface area contributed by atoms with Gasteiger partial charge in [-0.05, 0) is 25.0 Å². The Kier molecular flexibility index (Phi) is 3.38. The number of aliphatic imine (C=N–C) groups is 1.